The molecule has 0 saturated heterocycles. The van der Waals surface area contributed by atoms with E-state index in [1.54, 1.807) is 0 Å². The van der Waals surface area contributed by atoms with Crippen molar-refractivity contribution in [3.05, 3.63) is 101 Å². The molecule has 0 aliphatic rings. The number of aliphatic hydroxyl groups excluding tert-OH is 1. The molecule has 31 heavy (non-hydrogen) atoms. The van der Waals surface area contributed by atoms with E-state index in [0.717, 1.165) is 22.3 Å². The molecular formula is C27H33NO3. The summed E-state index contributed by atoms with van der Waals surface area (Å²) in [4.78, 5) is 0. The Hall–Kier alpha value is -2.66. The van der Waals surface area contributed by atoms with E-state index in [0.29, 0.717) is 12.2 Å². The summed E-state index contributed by atoms with van der Waals surface area (Å²) in [6.07, 6.45) is -0.474. The van der Waals surface area contributed by atoms with Crippen LogP contribution < -0.4 is 10.5 Å². The Bertz CT molecular complexity index is 893. The maximum Gasteiger partial charge on any atom is 0.119 e. The third-order valence-electron chi connectivity index (χ3n) is 5.94. The van der Waals surface area contributed by atoms with E-state index in [4.69, 9.17) is 10.5 Å². The van der Waals surface area contributed by atoms with E-state index < -0.39 is 17.7 Å². The normalized spacial score (nSPS) is 14.6. The fourth-order valence-corrected chi connectivity index (χ4v) is 3.85. The summed E-state index contributed by atoms with van der Waals surface area (Å²) in [5.74, 6) is 0.527. The van der Waals surface area contributed by atoms with Crippen LogP contribution in [0.2, 0.25) is 0 Å². The van der Waals surface area contributed by atoms with Crippen LogP contribution in [0, 0.1) is 19.8 Å². The number of rotatable bonds is 9. The first-order chi connectivity index (χ1) is 14.8. The molecule has 3 atom stereocenters. The lowest BCUT2D eigenvalue weighted by atomic mass is 9.77. The number of aryl methyl sites for hydroxylation is 2. The molecule has 0 spiro atoms. The molecule has 0 radical (unpaired) electrons. The number of aliphatic hydroxyl groups is 2. The van der Waals surface area contributed by atoms with Gasteiger partial charge in [0.25, 0.3) is 0 Å². The highest BCUT2D eigenvalue weighted by atomic mass is 16.5. The monoisotopic (exact) mass is 419 g/mol. The van der Waals surface area contributed by atoms with Crippen molar-refractivity contribution in [1.82, 2.24) is 0 Å². The number of benzene rings is 3. The van der Waals surface area contributed by atoms with Crippen LogP contribution >= 0.6 is 0 Å². The number of ether oxygens (including phenoxy) is 1. The van der Waals surface area contributed by atoms with Gasteiger partial charge < -0.3 is 20.7 Å². The molecule has 0 amide bonds. The Morgan fingerprint density at radius 1 is 0.839 bits per heavy atom. The van der Waals surface area contributed by atoms with Crippen molar-refractivity contribution < 1.29 is 14.9 Å². The third-order valence-corrected chi connectivity index (χ3v) is 5.94. The molecule has 3 aromatic rings. The van der Waals surface area contributed by atoms with Crippen LogP contribution in [0.3, 0.4) is 0 Å². The van der Waals surface area contributed by atoms with E-state index in [1.807, 2.05) is 99.6 Å². The zero-order valence-corrected chi connectivity index (χ0v) is 18.5. The molecule has 4 N–H and O–H groups in total. The molecule has 164 valence electrons. The maximum absolute atomic E-state index is 11.9. The molecule has 3 aromatic carbocycles. The van der Waals surface area contributed by atoms with Crippen LogP contribution in [0.1, 0.15) is 35.6 Å². The molecule has 4 heteroatoms. The quantitative estimate of drug-likeness (QED) is 0.482. The third kappa shape index (κ3) is 5.73. The smallest absolute Gasteiger partial charge is 0.119 e. The van der Waals surface area contributed by atoms with Crippen LogP contribution in [0.25, 0.3) is 0 Å². The summed E-state index contributed by atoms with van der Waals surface area (Å²) >= 11 is 0. The zero-order chi connectivity index (χ0) is 22.4. The van der Waals surface area contributed by atoms with Crippen LogP contribution in [-0.4, -0.2) is 29.0 Å². The maximum atomic E-state index is 11.9. The van der Waals surface area contributed by atoms with Crippen molar-refractivity contribution in [2.75, 3.05) is 6.61 Å². The van der Waals surface area contributed by atoms with Crippen LogP contribution in [0.5, 0.6) is 5.75 Å². The number of hydrogen-bond donors (Lipinski definition) is 3. The standard InChI is InChI=1S/C27H33NO3/c1-19-9-13-22(14-10-19)27(30,23-15-11-20(2)12-16-23)17-21(3)26(28)25(29)18-31-24-7-5-4-6-8-24/h4-16,21,25-26,29-30H,17-18,28H2,1-3H3/t21?,25-,26?/m0/s1. The van der Waals surface area contributed by atoms with Crippen molar-refractivity contribution in [3.63, 3.8) is 0 Å². The molecule has 0 aliphatic heterocycles. The predicted octanol–water partition coefficient (Wildman–Crippen LogP) is 4.33. The van der Waals surface area contributed by atoms with Crippen LogP contribution in [0.4, 0.5) is 0 Å². The van der Waals surface area contributed by atoms with Gasteiger partial charge in [-0.15, -0.1) is 0 Å². The van der Waals surface area contributed by atoms with E-state index in [9.17, 15) is 10.2 Å². The molecule has 0 aromatic heterocycles. The first kappa shape index (κ1) is 23.0. The molecule has 0 fully saturated rings. The molecule has 4 nitrogen and oxygen atoms in total. The Morgan fingerprint density at radius 2 is 1.32 bits per heavy atom. The summed E-state index contributed by atoms with van der Waals surface area (Å²) in [6.45, 7) is 6.11. The lowest BCUT2D eigenvalue weighted by molar-refractivity contribution is 0.0235. The minimum atomic E-state index is -1.21. The van der Waals surface area contributed by atoms with Gasteiger partial charge in [0, 0.05) is 6.04 Å². The zero-order valence-electron chi connectivity index (χ0n) is 18.5. The Morgan fingerprint density at radius 3 is 1.81 bits per heavy atom. The Kier molecular flexibility index (Phi) is 7.50. The minimum Gasteiger partial charge on any atom is -0.491 e. The average molecular weight is 420 g/mol. The van der Waals surface area contributed by atoms with Gasteiger partial charge >= 0.3 is 0 Å². The number of hydrogen-bond acceptors (Lipinski definition) is 4. The highest BCUT2D eigenvalue weighted by Gasteiger charge is 2.36. The molecule has 0 saturated carbocycles. The van der Waals surface area contributed by atoms with Gasteiger partial charge in [-0.2, -0.15) is 0 Å². The molecular weight excluding hydrogens is 386 g/mol. The highest BCUT2D eigenvalue weighted by molar-refractivity contribution is 5.38. The van der Waals surface area contributed by atoms with Crippen molar-refractivity contribution in [1.29, 1.82) is 0 Å². The second kappa shape index (κ2) is 10.1. The Labute approximate surface area is 185 Å². The topological polar surface area (TPSA) is 75.7 Å². The van der Waals surface area contributed by atoms with E-state index >= 15 is 0 Å². The largest absolute Gasteiger partial charge is 0.491 e. The summed E-state index contributed by atoms with van der Waals surface area (Å²) in [7, 11) is 0. The summed E-state index contributed by atoms with van der Waals surface area (Å²) in [5, 5.41) is 22.5. The SMILES string of the molecule is Cc1ccc(C(O)(CC(C)C(N)[C@@H](O)COc2ccccc2)c2ccc(C)cc2)cc1. The Balaban J connectivity index is 1.78. The lowest BCUT2D eigenvalue weighted by Crippen LogP contribution is -2.46. The van der Waals surface area contributed by atoms with Gasteiger partial charge in [0.15, 0.2) is 0 Å². The molecule has 0 aliphatic carbocycles. The summed E-state index contributed by atoms with van der Waals surface area (Å²) in [5.41, 5.74) is 9.08. The van der Waals surface area contributed by atoms with Crippen LogP contribution in [0.15, 0.2) is 78.9 Å². The van der Waals surface area contributed by atoms with Crippen molar-refractivity contribution in [2.45, 2.75) is 44.9 Å². The first-order valence-electron chi connectivity index (χ1n) is 10.8. The van der Waals surface area contributed by atoms with Crippen molar-refractivity contribution >= 4 is 0 Å². The van der Waals surface area contributed by atoms with Crippen molar-refractivity contribution in [2.24, 2.45) is 11.7 Å². The minimum absolute atomic E-state index is 0.100. The van der Waals surface area contributed by atoms with E-state index in [2.05, 4.69) is 0 Å². The molecule has 0 bridgehead atoms. The molecule has 0 heterocycles. The fraction of sp³-hybridized carbons (Fsp3) is 0.333. The van der Waals surface area contributed by atoms with Gasteiger partial charge in [0.05, 0.1) is 0 Å². The molecule has 2 unspecified atom stereocenters. The van der Waals surface area contributed by atoms with Gasteiger partial charge in [-0.1, -0.05) is 84.8 Å². The second-order valence-corrected chi connectivity index (χ2v) is 8.54. The highest BCUT2D eigenvalue weighted by Crippen LogP contribution is 2.37. The van der Waals surface area contributed by atoms with E-state index in [-0.39, 0.29) is 12.5 Å². The average Bonchev–Trinajstić information content (AvgIpc) is 2.78. The molecule has 3 rings (SSSR count). The van der Waals surface area contributed by atoms with Gasteiger partial charge in [-0.3, -0.25) is 0 Å². The van der Waals surface area contributed by atoms with Crippen LogP contribution in [-0.2, 0) is 5.60 Å². The van der Waals surface area contributed by atoms with Gasteiger partial charge in [0.2, 0.25) is 0 Å². The lowest BCUT2D eigenvalue weighted by Gasteiger charge is -2.35. The summed E-state index contributed by atoms with van der Waals surface area (Å²) < 4.78 is 5.67. The second-order valence-electron chi connectivity index (χ2n) is 8.54. The fourth-order valence-electron chi connectivity index (χ4n) is 3.85. The van der Waals surface area contributed by atoms with Gasteiger partial charge in [-0.05, 0) is 49.4 Å². The number of nitrogens with two attached hydrogens (primary N) is 1. The number of para-hydroxylation sites is 1. The summed E-state index contributed by atoms with van der Waals surface area (Å²) in [6, 6.07) is 24.7. The first-order valence-corrected chi connectivity index (χ1v) is 10.8. The predicted molar refractivity (Wildman–Crippen MR) is 125 cm³/mol. The van der Waals surface area contributed by atoms with E-state index in [1.165, 1.54) is 0 Å². The van der Waals surface area contributed by atoms with Gasteiger partial charge in [0.1, 0.15) is 24.1 Å². The van der Waals surface area contributed by atoms with Gasteiger partial charge in [-0.25, -0.2) is 0 Å². The van der Waals surface area contributed by atoms with Crippen molar-refractivity contribution in [3.8, 4) is 5.75 Å².